The third kappa shape index (κ3) is 0.842. The molecule has 0 aliphatic heterocycles. The Labute approximate surface area is 100 Å². The van der Waals surface area contributed by atoms with E-state index in [2.05, 4.69) is 13.8 Å². The van der Waals surface area contributed by atoms with E-state index in [1.807, 2.05) is 0 Å². The maximum atomic E-state index is 2.37. The Hall–Kier alpha value is 0. The predicted molar refractivity (Wildman–Crippen MR) is 67.3 cm³/mol. The first-order valence-corrected chi connectivity index (χ1v) is 7.61. The second kappa shape index (κ2) is 2.54. The predicted octanol–water partition coefficient (Wildman–Crippen LogP) is 4.93. The summed E-state index contributed by atoms with van der Waals surface area (Å²) in [5.41, 5.74) is 3.56. The van der Waals surface area contributed by atoms with Crippen molar-refractivity contribution in [2.45, 2.75) is 78.1 Å². The zero-order valence-corrected chi connectivity index (χ0v) is 11.1. The van der Waals surface area contributed by atoms with Crippen molar-refractivity contribution in [2.75, 3.05) is 0 Å². The van der Waals surface area contributed by atoms with Gasteiger partial charge in [0.05, 0.1) is 0 Å². The summed E-state index contributed by atoms with van der Waals surface area (Å²) >= 11 is 0. The Morgan fingerprint density at radius 1 is 0.625 bits per heavy atom. The van der Waals surface area contributed by atoms with Gasteiger partial charge in [-0.25, -0.2) is 0 Å². The molecule has 0 radical (unpaired) electrons. The Kier molecular flexibility index (Phi) is 1.59. The molecule has 6 aliphatic carbocycles. The van der Waals surface area contributed by atoms with E-state index in [1.165, 1.54) is 25.7 Å². The fourth-order valence-electron chi connectivity index (χ4n) is 6.71. The van der Waals surface area contributed by atoms with Crippen molar-refractivity contribution < 1.29 is 0 Å². The van der Waals surface area contributed by atoms with Crippen LogP contribution in [-0.2, 0) is 0 Å². The van der Waals surface area contributed by atoms with Gasteiger partial charge in [0.1, 0.15) is 0 Å². The molecule has 0 unspecified atom stereocenters. The lowest BCUT2D eigenvalue weighted by Gasteiger charge is -2.88. The van der Waals surface area contributed by atoms with Crippen LogP contribution in [0.3, 0.4) is 0 Å². The Balaban J connectivity index is 1.39. The normalized spacial score (nSPS) is 60.4. The first-order chi connectivity index (χ1) is 7.61. The van der Waals surface area contributed by atoms with Crippen LogP contribution in [-0.4, -0.2) is 0 Å². The lowest BCUT2D eigenvalue weighted by atomic mass is 9.16. The van der Waals surface area contributed by atoms with Crippen LogP contribution in [0.4, 0.5) is 0 Å². The molecule has 4 bridgehead atoms. The summed E-state index contributed by atoms with van der Waals surface area (Å²) in [6, 6.07) is 0. The van der Waals surface area contributed by atoms with Gasteiger partial charge in [-0.2, -0.15) is 0 Å². The average Bonchev–Trinajstić information content (AvgIpc) is 2.00. The van der Waals surface area contributed by atoms with Crippen LogP contribution in [0.1, 0.15) is 78.1 Å². The monoisotopic (exact) mass is 218 g/mol. The van der Waals surface area contributed by atoms with Gasteiger partial charge >= 0.3 is 0 Å². The molecule has 0 atom stereocenters. The molecule has 0 spiro atoms. The van der Waals surface area contributed by atoms with E-state index in [9.17, 15) is 0 Å². The van der Waals surface area contributed by atoms with E-state index in [0.29, 0.717) is 0 Å². The van der Waals surface area contributed by atoms with Crippen molar-refractivity contribution in [3.05, 3.63) is 0 Å². The zero-order chi connectivity index (χ0) is 11.1. The maximum Gasteiger partial charge on any atom is -0.0224 e. The first kappa shape index (κ1) is 9.97. The van der Waals surface area contributed by atoms with E-state index in [0.717, 1.165) is 21.7 Å². The quantitative estimate of drug-likeness (QED) is 0.614. The second-order valence-corrected chi connectivity index (χ2v) is 8.12. The highest BCUT2D eigenvalue weighted by Crippen LogP contribution is 2.92. The van der Waals surface area contributed by atoms with Crippen LogP contribution >= 0.6 is 0 Å². The highest BCUT2D eigenvalue weighted by molar-refractivity contribution is 5.32. The van der Waals surface area contributed by atoms with E-state index in [4.69, 9.17) is 0 Å². The Morgan fingerprint density at radius 2 is 0.938 bits per heavy atom. The van der Waals surface area contributed by atoms with Crippen LogP contribution < -0.4 is 0 Å². The van der Waals surface area contributed by atoms with Crippen molar-refractivity contribution >= 4 is 0 Å². The van der Waals surface area contributed by atoms with Crippen LogP contribution in [0, 0.1) is 21.7 Å². The zero-order valence-electron chi connectivity index (χ0n) is 11.1. The smallest absolute Gasteiger partial charge is 0.0224 e. The third-order valence-electron chi connectivity index (χ3n) is 6.97. The lowest BCUT2D eigenvalue weighted by Crippen LogP contribution is -2.79. The largest absolute Gasteiger partial charge is 0.0654 e. The van der Waals surface area contributed by atoms with Gasteiger partial charge in [0.2, 0.25) is 0 Å². The molecule has 0 amide bonds. The highest BCUT2D eigenvalue weighted by Gasteiger charge is 2.83. The molecule has 0 aromatic heterocycles. The number of rotatable bonds is 5. The summed E-state index contributed by atoms with van der Waals surface area (Å²) in [7, 11) is 0. The third-order valence-corrected chi connectivity index (χ3v) is 6.97. The van der Waals surface area contributed by atoms with Gasteiger partial charge in [0, 0.05) is 0 Å². The van der Waals surface area contributed by atoms with Crippen LogP contribution in [0.2, 0.25) is 0 Å². The fourth-order valence-corrected chi connectivity index (χ4v) is 6.71. The fraction of sp³-hybridized carbons (Fsp3) is 1.00. The molecule has 90 valence electrons. The van der Waals surface area contributed by atoms with Crippen molar-refractivity contribution in [3.8, 4) is 0 Å². The lowest BCUT2D eigenvalue weighted by molar-refractivity contribution is -0.384. The number of hydrogen-bond donors (Lipinski definition) is 0. The highest BCUT2D eigenvalue weighted by atomic mass is 14.9. The number of hydrogen-bond acceptors (Lipinski definition) is 0. The van der Waals surface area contributed by atoms with Gasteiger partial charge in [-0.15, -0.1) is 0 Å². The SMILES string of the molecule is CCCC12CC(C34CC(CCC)(C3)C4)(C1)C2. The van der Waals surface area contributed by atoms with E-state index >= 15 is 0 Å². The minimum atomic E-state index is 0.877. The second-order valence-electron chi connectivity index (χ2n) is 8.12. The molecule has 6 fully saturated rings. The van der Waals surface area contributed by atoms with Crippen molar-refractivity contribution in [3.63, 3.8) is 0 Å². The summed E-state index contributed by atoms with van der Waals surface area (Å²) in [6.45, 7) is 4.73. The molecule has 0 heterocycles. The van der Waals surface area contributed by atoms with Gasteiger partial charge in [-0.1, -0.05) is 26.7 Å². The van der Waals surface area contributed by atoms with E-state index < -0.39 is 0 Å². The molecule has 0 heteroatoms. The van der Waals surface area contributed by atoms with Gasteiger partial charge in [-0.05, 0) is 73.0 Å². The van der Waals surface area contributed by atoms with E-state index in [-0.39, 0.29) is 0 Å². The molecule has 16 heavy (non-hydrogen) atoms. The summed E-state index contributed by atoms with van der Waals surface area (Å²) in [5, 5.41) is 0. The molecule has 6 aliphatic rings. The molecule has 0 nitrogen and oxygen atoms in total. The molecule has 0 N–H and O–H groups in total. The average molecular weight is 218 g/mol. The summed E-state index contributed by atoms with van der Waals surface area (Å²) < 4.78 is 0. The van der Waals surface area contributed by atoms with Crippen LogP contribution in [0.5, 0.6) is 0 Å². The molecule has 6 saturated carbocycles. The molecule has 6 rings (SSSR count). The summed E-state index contributed by atoms with van der Waals surface area (Å²) in [4.78, 5) is 0. The Morgan fingerprint density at radius 3 is 1.19 bits per heavy atom. The standard InChI is InChI=1S/C16H26/c1-3-5-13-7-15(8-13,9-13)16-10-14(11-16,12-16)6-4-2/h3-12H2,1-2H3. The molecule has 0 aromatic carbocycles. The van der Waals surface area contributed by atoms with Gasteiger partial charge < -0.3 is 0 Å². The van der Waals surface area contributed by atoms with Gasteiger partial charge in [0.25, 0.3) is 0 Å². The molecule has 0 aromatic rings. The summed E-state index contributed by atoms with van der Waals surface area (Å²) in [5.74, 6) is 0. The minimum absolute atomic E-state index is 0.877. The molecule has 0 saturated heterocycles. The van der Waals surface area contributed by atoms with Crippen molar-refractivity contribution in [2.24, 2.45) is 21.7 Å². The molecular formula is C16H26. The minimum Gasteiger partial charge on any atom is -0.0654 e. The first-order valence-electron chi connectivity index (χ1n) is 7.61. The van der Waals surface area contributed by atoms with Crippen LogP contribution in [0.25, 0.3) is 0 Å². The molecular weight excluding hydrogens is 192 g/mol. The van der Waals surface area contributed by atoms with Crippen LogP contribution in [0.15, 0.2) is 0 Å². The van der Waals surface area contributed by atoms with Gasteiger partial charge in [-0.3, -0.25) is 0 Å². The van der Waals surface area contributed by atoms with Crippen molar-refractivity contribution in [1.29, 1.82) is 0 Å². The van der Waals surface area contributed by atoms with Crippen molar-refractivity contribution in [1.82, 2.24) is 0 Å². The topological polar surface area (TPSA) is 0 Å². The Bertz CT molecular complexity index is 264. The maximum absolute atomic E-state index is 2.37. The summed E-state index contributed by atoms with van der Waals surface area (Å²) in [6.07, 6.45) is 15.7. The van der Waals surface area contributed by atoms with E-state index in [1.54, 1.807) is 38.5 Å². The van der Waals surface area contributed by atoms with Gasteiger partial charge in [0.15, 0.2) is 0 Å².